The van der Waals surface area contributed by atoms with Gasteiger partial charge in [0.15, 0.2) is 0 Å². The lowest BCUT2D eigenvalue weighted by Crippen LogP contribution is -2.53. The number of ether oxygens (including phenoxy) is 2. The van der Waals surface area contributed by atoms with Crippen molar-refractivity contribution in [2.75, 3.05) is 20.3 Å². The minimum absolute atomic E-state index is 0.0369. The first-order chi connectivity index (χ1) is 12.1. The lowest BCUT2D eigenvalue weighted by molar-refractivity contribution is -0.0977. The van der Waals surface area contributed by atoms with Crippen LogP contribution in [0.15, 0.2) is 23.1 Å². The molecule has 2 heterocycles. The molecule has 25 heavy (non-hydrogen) atoms. The molecule has 136 valence electrons. The number of carbonyl (C=O) groups excluding carboxylic acids is 1. The van der Waals surface area contributed by atoms with Crippen molar-refractivity contribution in [2.45, 2.75) is 56.3 Å². The number of nitrogens with zero attached hydrogens (tertiary/aromatic N) is 1. The zero-order valence-electron chi connectivity index (χ0n) is 14.7. The number of rotatable bonds is 5. The standard InChI is InChI=1S/C19H26N2O4/c1-24-19-7-6-15(25-12-13-2-3-13)10-16(19)21(9-8-19)18(23)14-4-5-17(22)20-11-14/h4-5,11,13,15-16H,2-3,6-10,12H2,1H3,(H,20,22)/t15-,16+,19-/m1/s1. The van der Waals surface area contributed by atoms with Gasteiger partial charge in [-0.15, -0.1) is 0 Å². The third-order valence-corrected chi connectivity index (χ3v) is 6.10. The molecular formula is C19H26N2O4. The van der Waals surface area contributed by atoms with Crippen molar-refractivity contribution in [2.24, 2.45) is 5.92 Å². The minimum Gasteiger partial charge on any atom is -0.378 e. The van der Waals surface area contributed by atoms with Gasteiger partial charge in [-0.1, -0.05) is 0 Å². The first kappa shape index (κ1) is 16.8. The molecule has 0 bridgehead atoms. The third-order valence-electron chi connectivity index (χ3n) is 6.10. The summed E-state index contributed by atoms with van der Waals surface area (Å²) in [6.45, 7) is 1.54. The lowest BCUT2D eigenvalue weighted by atomic mass is 9.79. The molecule has 2 aliphatic carbocycles. The summed E-state index contributed by atoms with van der Waals surface area (Å²) in [5.74, 6) is 0.708. The molecule has 4 rings (SSSR count). The second kappa shape index (κ2) is 6.57. The SMILES string of the molecule is CO[C@@]12CC[C@@H](OCC3CC3)C[C@@H]1N(C(=O)c1ccc(=O)[nH]c1)CC2. The van der Waals surface area contributed by atoms with Crippen molar-refractivity contribution in [3.63, 3.8) is 0 Å². The van der Waals surface area contributed by atoms with E-state index in [9.17, 15) is 9.59 Å². The van der Waals surface area contributed by atoms with Gasteiger partial charge in [-0.05, 0) is 50.5 Å². The van der Waals surface area contributed by atoms with Crippen molar-refractivity contribution in [1.82, 2.24) is 9.88 Å². The minimum atomic E-state index is -0.253. The van der Waals surface area contributed by atoms with Crippen LogP contribution in [0.3, 0.4) is 0 Å². The molecule has 3 aliphatic rings. The molecule has 1 amide bonds. The van der Waals surface area contributed by atoms with Gasteiger partial charge in [-0.2, -0.15) is 0 Å². The number of aromatic amines is 1. The van der Waals surface area contributed by atoms with Crippen molar-refractivity contribution < 1.29 is 14.3 Å². The lowest BCUT2D eigenvalue weighted by Gasteiger charge is -2.43. The van der Waals surface area contributed by atoms with Gasteiger partial charge in [0.2, 0.25) is 5.56 Å². The average Bonchev–Trinajstić information content (AvgIpc) is 3.39. The summed E-state index contributed by atoms with van der Waals surface area (Å²) in [6, 6.07) is 3.03. The number of methoxy groups -OCH3 is 1. The quantitative estimate of drug-likeness (QED) is 0.885. The Kier molecular flexibility index (Phi) is 4.41. The van der Waals surface area contributed by atoms with Gasteiger partial charge in [0.25, 0.3) is 5.91 Å². The van der Waals surface area contributed by atoms with E-state index in [1.54, 1.807) is 13.2 Å². The van der Waals surface area contributed by atoms with Gasteiger partial charge in [0.05, 0.1) is 23.3 Å². The van der Waals surface area contributed by atoms with Gasteiger partial charge in [0, 0.05) is 32.5 Å². The van der Waals surface area contributed by atoms with Crippen LogP contribution in [0.5, 0.6) is 0 Å². The predicted molar refractivity (Wildman–Crippen MR) is 92.6 cm³/mol. The molecule has 0 spiro atoms. The molecule has 0 unspecified atom stereocenters. The number of hydrogen-bond acceptors (Lipinski definition) is 4. The Hall–Kier alpha value is -1.66. The first-order valence-corrected chi connectivity index (χ1v) is 9.28. The molecule has 6 heteroatoms. The van der Waals surface area contributed by atoms with E-state index in [-0.39, 0.29) is 29.2 Å². The van der Waals surface area contributed by atoms with Crippen LogP contribution < -0.4 is 5.56 Å². The number of likely N-dealkylation sites (tertiary alicyclic amines) is 1. The van der Waals surface area contributed by atoms with Crippen LogP contribution in [0.25, 0.3) is 0 Å². The predicted octanol–water partition coefficient (Wildman–Crippen LogP) is 1.95. The molecular weight excluding hydrogens is 320 g/mol. The summed E-state index contributed by atoms with van der Waals surface area (Å²) in [5.41, 5.74) is 0.0695. The van der Waals surface area contributed by atoms with Crippen molar-refractivity contribution in [3.8, 4) is 0 Å². The maximum Gasteiger partial charge on any atom is 0.255 e. The Bertz CT molecular complexity index is 678. The van der Waals surface area contributed by atoms with Crippen molar-refractivity contribution in [1.29, 1.82) is 0 Å². The summed E-state index contributed by atoms with van der Waals surface area (Å²) in [6.07, 6.45) is 7.90. The third kappa shape index (κ3) is 3.25. The van der Waals surface area contributed by atoms with Crippen LogP contribution in [-0.2, 0) is 9.47 Å². The van der Waals surface area contributed by atoms with E-state index < -0.39 is 0 Å². The highest BCUT2D eigenvalue weighted by Gasteiger charge is 2.52. The van der Waals surface area contributed by atoms with Crippen molar-refractivity contribution >= 4 is 5.91 Å². The number of amides is 1. The molecule has 1 aliphatic heterocycles. The van der Waals surface area contributed by atoms with E-state index in [0.29, 0.717) is 12.1 Å². The smallest absolute Gasteiger partial charge is 0.255 e. The topological polar surface area (TPSA) is 71.6 Å². The Labute approximate surface area is 147 Å². The van der Waals surface area contributed by atoms with Gasteiger partial charge in [-0.3, -0.25) is 9.59 Å². The summed E-state index contributed by atoms with van der Waals surface area (Å²) in [5, 5.41) is 0. The maximum absolute atomic E-state index is 13.0. The number of aromatic nitrogens is 1. The average molecular weight is 346 g/mol. The largest absolute Gasteiger partial charge is 0.378 e. The maximum atomic E-state index is 13.0. The second-order valence-electron chi connectivity index (χ2n) is 7.65. The molecule has 0 aromatic carbocycles. The van der Waals surface area contributed by atoms with Crippen LogP contribution in [0, 0.1) is 5.92 Å². The molecule has 1 saturated heterocycles. The van der Waals surface area contributed by atoms with Gasteiger partial charge in [-0.25, -0.2) is 0 Å². The zero-order valence-corrected chi connectivity index (χ0v) is 14.7. The highest BCUT2D eigenvalue weighted by atomic mass is 16.5. The molecule has 1 aromatic heterocycles. The Morgan fingerprint density at radius 3 is 2.84 bits per heavy atom. The molecule has 6 nitrogen and oxygen atoms in total. The van der Waals surface area contributed by atoms with Crippen LogP contribution in [0.2, 0.25) is 0 Å². The molecule has 2 saturated carbocycles. The molecule has 3 atom stereocenters. The van der Waals surface area contributed by atoms with Crippen LogP contribution >= 0.6 is 0 Å². The van der Waals surface area contributed by atoms with Gasteiger partial charge in [0.1, 0.15) is 0 Å². The summed E-state index contributed by atoms with van der Waals surface area (Å²) in [4.78, 5) is 28.7. The van der Waals surface area contributed by atoms with Gasteiger partial charge < -0.3 is 19.4 Å². The second-order valence-corrected chi connectivity index (χ2v) is 7.65. The summed E-state index contributed by atoms with van der Waals surface area (Å²) >= 11 is 0. The van der Waals surface area contributed by atoms with Crippen LogP contribution in [0.1, 0.15) is 48.9 Å². The number of fused-ring (bicyclic) bond motifs is 1. The fraction of sp³-hybridized carbons (Fsp3) is 0.684. The Morgan fingerprint density at radius 2 is 2.16 bits per heavy atom. The van der Waals surface area contributed by atoms with Crippen molar-refractivity contribution in [3.05, 3.63) is 34.2 Å². The summed E-state index contributed by atoms with van der Waals surface area (Å²) in [7, 11) is 1.76. The number of nitrogens with one attached hydrogen (secondary N) is 1. The molecule has 0 radical (unpaired) electrons. The van der Waals surface area contributed by atoms with Crippen LogP contribution in [0.4, 0.5) is 0 Å². The number of hydrogen-bond donors (Lipinski definition) is 1. The van der Waals surface area contributed by atoms with E-state index in [2.05, 4.69) is 4.98 Å². The first-order valence-electron chi connectivity index (χ1n) is 9.28. The number of H-pyrrole nitrogens is 1. The highest BCUT2D eigenvalue weighted by Crippen LogP contribution is 2.44. The normalized spacial score (nSPS) is 31.8. The monoisotopic (exact) mass is 346 g/mol. The fourth-order valence-electron chi connectivity index (χ4n) is 4.32. The highest BCUT2D eigenvalue weighted by molar-refractivity contribution is 5.94. The van der Waals surface area contributed by atoms with E-state index in [0.717, 1.165) is 38.2 Å². The molecule has 1 aromatic rings. The summed E-state index contributed by atoms with van der Waals surface area (Å²) < 4.78 is 12.0. The fourth-order valence-corrected chi connectivity index (χ4v) is 4.32. The van der Waals surface area contributed by atoms with E-state index in [1.165, 1.54) is 25.1 Å². The Balaban J connectivity index is 1.50. The number of pyridine rings is 1. The van der Waals surface area contributed by atoms with E-state index in [1.807, 2.05) is 4.90 Å². The van der Waals surface area contributed by atoms with E-state index >= 15 is 0 Å². The Morgan fingerprint density at radius 1 is 1.32 bits per heavy atom. The molecule has 1 N–H and O–H groups in total. The van der Waals surface area contributed by atoms with E-state index in [4.69, 9.17) is 9.47 Å². The van der Waals surface area contributed by atoms with Crippen LogP contribution in [-0.4, -0.2) is 53.8 Å². The molecule has 3 fully saturated rings. The zero-order chi connectivity index (χ0) is 17.4. The van der Waals surface area contributed by atoms with Gasteiger partial charge >= 0.3 is 0 Å². The number of carbonyl (C=O) groups is 1.